The molecule has 2 N–H and O–H groups in total. The number of fused-ring (bicyclic) bond motifs is 1. The lowest BCUT2D eigenvalue weighted by molar-refractivity contribution is -0.120. The Labute approximate surface area is 179 Å². The standard InChI is InChI=1S/C24H23N3O2S/c1-16(30-20-11-9-19(29-2)10-12-20)24(28)27-23(17-6-4-3-5-7-17)18-8-13-21-22(14-18)26-15-25-21/h3-16,23H,1-2H3,(H,25,26)(H,27,28). The number of hydrogen-bond donors (Lipinski definition) is 2. The molecule has 0 fully saturated rings. The number of aromatic amines is 1. The average molecular weight is 418 g/mol. The molecule has 1 heterocycles. The third kappa shape index (κ3) is 4.49. The quantitative estimate of drug-likeness (QED) is 0.417. The summed E-state index contributed by atoms with van der Waals surface area (Å²) < 4.78 is 5.20. The Morgan fingerprint density at radius 1 is 1.03 bits per heavy atom. The fourth-order valence-corrected chi connectivity index (χ4v) is 4.19. The van der Waals surface area contributed by atoms with Crippen LogP contribution in [0.15, 0.2) is 84.0 Å². The topological polar surface area (TPSA) is 67.0 Å². The SMILES string of the molecule is COc1ccc(SC(C)C(=O)NC(c2ccccc2)c2ccc3nc[nH]c3c2)cc1. The second-order valence-corrected chi connectivity index (χ2v) is 8.38. The second kappa shape index (κ2) is 9.05. The Hall–Kier alpha value is -3.25. The second-order valence-electron chi connectivity index (χ2n) is 6.97. The van der Waals surface area contributed by atoms with E-state index >= 15 is 0 Å². The summed E-state index contributed by atoms with van der Waals surface area (Å²) in [6, 6.07) is 23.5. The van der Waals surface area contributed by atoms with Gasteiger partial charge in [-0.1, -0.05) is 36.4 Å². The molecular weight excluding hydrogens is 394 g/mol. The van der Waals surface area contributed by atoms with Gasteiger partial charge in [-0.15, -0.1) is 11.8 Å². The molecule has 6 heteroatoms. The van der Waals surface area contributed by atoms with E-state index in [-0.39, 0.29) is 17.2 Å². The van der Waals surface area contributed by atoms with Crippen LogP contribution in [0, 0.1) is 0 Å². The van der Waals surface area contributed by atoms with Crippen LogP contribution in [0.2, 0.25) is 0 Å². The largest absolute Gasteiger partial charge is 0.497 e. The number of carbonyl (C=O) groups excluding carboxylic acids is 1. The van der Waals surface area contributed by atoms with Crippen LogP contribution in [0.25, 0.3) is 11.0 Å². The monoisotopic (exact) mass is 417 g/mol. The van der Waals surface area contributed by atoms with Crippen LogP contribution in [-0.4, -0.2) is 28.2 Å². The van der Waals surface area contributed by atoms with E-state index in [2.05, 4.69) is 15.3 Å². The first-order chi connectivity index (χ1) is 14.6. The summed E-state index contributed by atoms with van der Waals surface area (Å²) in [7, 11) is 1.64. The number of carbonyl (C=O) groups is 1. The van der Waals surface area contributed by atoms with E-state index in [1.807, 2.05) is 79.7 Å². The summed E-state index contributed by atoms with van der Waals surface area (Å²) in [6.07, 6.45) is 1.68. The Morgan fingerprint density at radius 2 is 1.80 bits per heavy atom. The number of imidazole rings is 1. The van der Waals surface area contributed by atoms with Crippen molar-refractivity contribution in [3.05, 3.63) is 90.3 Å². The highest BCUT2D eigenvalue weighted by Gasteiger charge is 2.22. The molecule has 0 spiro atoms. The van der Waals surface area contributed by atoms with Gasteiger partial charge >= 0.3 is 0 Å². The first-order valence-corrected chi connectivity index (χ1v) is 10.6. The van der Waals surface area contributed by atoms with Crippen LogP contribution < -0.4 is 10.1 Å². The summed E-state index contributed by atoms with van der Waals surface area (Å²) in [4.78, 5) is 21.5. The summed E-state index contributed by atoms with van der Waals surface area (Å²) in [5.41, 5.74) is 3.89. The van der Waals surface area contributed by atoms with E-state index in [0.717, 1.165) is 32.8 Å². The van der Waals surface area contributed by atoms with Gasteiger partial charge in [-0.2, -0.15) is 0 Å². The van der Waals surface area contributed by atoms with Gasteiger partial charge in [0.25, 0.3) is 0 Å². The van der Waals surface area contributed by atoms with Crippen LogP contribution in [-0.2, 0) is 4.79 Å². The van der Waals surface area contributed by atoms with Crippen molar-refractivity contribution in [1.82, 2.24) is 15.3 Å². The predicted octanol–water partition coefficient (Wildman–Crippen LogP) is 4.96. The molecule has 0 aliphatic carbocycles. The molecule has 0 aliphatic rings. The maximum absolute atomic E-state index is 13.1. The van der Waals surface area contributed by atoms with E-state index in [4.69, 9.17) is 4.74 Å². The Kier molecular flexibility index (Phi) is 6.05. The molecule has 0 radical (unpaired) electrons. The zero-order valence-electron chi connectivity index (χ0n) is 16.8. The number of methoxy groups -OCH3 is 1. The number of aromatic nitrogens is 2. The van der Waals surface area contributed by atoms with Crippen molar-refractivity contribution < 1.29 is 9.53 Å². The van der Waals surface area contributed by atoms with Gasteiger partial charge in [0.15, 0.2) is 0 Å². The summed E-state index contributed by atoms with van der Waals surface area (Å²) in [6.45, 7) is 1.92. The van der Waals surface area contributed by atoms with Gasteiger partial charge in [-0.05, 0) is 54.4 Å². The highest BCUT2D eigenvalue weighted by atomic mass is 32.2. The molecular formula is C24H23N3O2S. The number of benzene rings is 3. The normalized spacial score (nSPS) is 13.0. The van der Waals surface area contributed by atoms with Gasteiger partial charge in [0.2, 0.25) is 5.91 Å². The minimum absolute atomic E-state index is 0.0191. The van der Waals surface area contributed by atoms with Crippen molar-refractivity contribution >= 4 is 28.7 Å². The van der Waals surface area contributed by atoms with Crippen molar-refractivity contribution in [2.45, 2.75) is 23.1 Å². The van der Waals surface area contributed by atoms with Crippen LogP contribution in [0.4, 0.5) is 0 Å². The molecule has 0 bridgehead atoms. The Balaban J connectivity index is 1.55. The number of rotatable bonds is 7. The Bertz CT molecular complexity index is 1130. The van der Waals surface area contributed by atoms with Crippen molar-refractivity contribution in [2.24, 2.45) is 0 Å². The van der Waals surface area contributed by atoms with Crippen molar-refractivity contribution in [2.75, 3.05) is 7.11 Å². The summed E-state index contributed by atoms with van der Waals surface area (Å²) >= 11 is 1.52. The molecule has 0 aliphatic heterocycles. The van der Waals surface area contributed by atoms with Gasteiger partial charge in [0, 0.05) is 4.90 Å². The van der Waals surface area contributed by atoms with Gasteiger partial charge in [0.1, 0.15) is 5.75 Å². The highest BCUT2D eigenvalue weighted by molar-refractivity contribution is 8.00. The molecule has 152 valence electrons. The zero-order chi connectivity index (χ0) is 20.9. The fourth-order valence-electron chi connectivity index (χ4n) is 3.31. The molecule has 0 saturated heterocycles. The predicted molar refractivity (Wildman–Crippen MR) is 121 cm³/mol. The average Bonchev–Trinajstić information content (AvgIpc) is 3.26. The molecule has 4 rings (SSSR count). The molecule has 0 saturated carbocycles. The number of H-pyrrole nitrogens is 1. The molecule has 1 aromatic heterocycles. The van der Waals surface area contributed by atoms with Gasteiger partial charge < -0.3 is 15.0 Å². The van der Waals surface area contributed by atoms with E-state index in [9.17, 15) is 4.79 Å². The highest BCUT2D eigenvalue weighted by Crippen LogP contribution is 2.28. The van der Waals surface area contributed by atoms with Crippen LogP contribution in [0.5, 0.6) is 5.75 Å². The van der Waals surface area contributed by atoms with E-state index in [0.29, 0.717) is 0 Å². The number of nitrogens with one attached hydrogen (secondary N) is 2. The van der Waals surface area contributed by atoms with Crippen LogP contribution in [0.1, 0.15) is 24.1 Å². The van der Waals surface area contributed by atoms with Crippen molar-refractivity contribution in [1.29, 1.82) is 0 Å². The zero-order valence-corrected chi connectivity index (χ0v) is 17.6. The molecule has 2 unspecified atom stereocenters. The number of amides is 1. The number of nitrogens with zero attached hydrogens (tertiary/aromatic N) is 1. The van der Waals surface area contributed by atoms with Gasteiger partial charge in [-0.3, -0.25) is 4.79 Å². The van der Waals surface area contributed by atoms with Gasteiger partial charge in [0.05, 0.1) is 35.8 Å². The van der Waals surface area contributed by atoms with Crippen LogP contribution >= 0.6 is 11.8 Å². The maximum Gasteiger partial charge on any atom is 0.233 e. The summed E-state index contributed by atoms with van der Waals surface area (Å²) in [5.74, 6) is 0.782. The lowest BCUT2D eigenvalue weighted by Gasteiger charge is -2.22. The number of hydrogen-bond acceptors (Lipinski definition) is 4. The van der Waals surface area contributed by atoms with E-state index in [1.54, 1.807) is 13.4 Å². The number of ether oxygens (including phenoxy) is 1. The minimum Gasteiger partial charge on any atom is -0.497 e. The molecule has 30 heavy (non-hydrogen) atoms. The fraction of sp³-hybridized carbons (Fsp3) is 0.167. The van der Waals surface area contributed by atoms with Gasteiger partial charge in [-0.25, -0.2) is 4.98 Å². The lowest BCUT2D eigenvalue weighted by atomic mass is 9.98. The Morgan fingerprint density at radius 3 is 2.53 bits per heavy atom. The third-order valence-corrected chi connectivity index (χ3v) is 6.05. The van der Waals surface area contributed by atoms with Crippen molar-refractivity contribution in [3.63, 3.8) is 0 Å². The molecule has 2 atom stereocenters. The molecule has 5 nitrogen and oxygen atoms in total. The smallest absolute Gasteiger partial charge is 0.233 e. The van der Waals surface area contributed by atoms with E-state index < -0.39 is 0 Å². The first-order valence-electron chi connectivity index (χ1n) is 9.73. The number of thioether (sulfide) groups is 1. The first kappa shape index (κ1) is 20.0. The lowest BCUT2D eigenvalue weighted by Crippen LogP contribution is -2.34. The van der Waals surface area contributed by atoms with Crippen molar-refractivity contribution in [3.8, 4) is 5.75 Å². The molecule has 4 aromatic rings. The van der Waals surface area contributed by atoms with Crippen LogP contribution in [0.3, 0.4) is 0 Å². The minimum atomic E-state index is -0.250. The maximum atomic E-state index is 13.1. The van der Waals surface area contributed by atoms with E-state index in [1.165, 1.54) is 11.8 Å². The summed E-state index contributed by atoms with van der Waals surface area (Å²) in [5, 5.41) is 2.98. The third-order valence-electron chi connectivity index (χ3n) is 4.94. The molecule has 1 amide bonds. The molecule has 3 aromatic carbocycles.